The van der Waals surface area contributed by atoms with Gasteiger partial charge in [0.2, 0.25) is 0 Å². The van der Waals surface area contributed by atoms with Crippen LogP contribution in [-0.4, -0.2) is 16.9 Å². The van der Waals surface area contributed by atoms with Gasteiger partial charge in [-0.05, 0) is 36.4 Å². The minimum Gasteiger partial charge on any atom is -0.321 e. The summed E-state index contributed by atoms with van der Waals surface area (Å²) in [5.41, 5.74) is 1.49. The van der Waals surface area contributed by atoms with Crippen molar-refractivity contribution in [3.63, 3.8) is 0 Å². The van der Waals surface area contributed by atoms with Crippen LogP contribution in [0, 0.1) is 0 Å². The number of para-hydroxylation sites is 1. The SMILES string of the molecule is O=C(Nc1ccccc1)Nc1nc(C(=O)Nc2ccc(Cl)cc2)cs1. The third-order valence-electron chi connectivity index (χ3n) is 3.09. The number of halogens is 1. The summed E-state index contributed by atoms with van der Waals surface area (Å²) in [6.45, 7) is 0. The summed E-state index contributed by atoms with van der Waals surface area (Å²) in [5, 5.41) is 10.5. The maximum atomic E-state index is 12.2. The Bertz CT molecular complexity index is 881. The molecule has 1 aromatic heterocycles. The number of nitrogens with one attached hydrogen (secondary N) is 3. The second-order valence-electron chi connectivity index (χ2n) is 4.94. The maximum Gasteiger partial charge on any atom is 0.325 e. The Hall–Kier alpha value is -2.90. The molecule has 3 amide bonds. The Morgan fingerprint density at radius 1 is 0.880 bits per heavy atom. The number of amides is 3. The Morgan fingerprint density at radius 2 is 1.56 bits per heavy atom. The van der Waals surface area contributed by atoms with Crippen LogP contribution in [0.5, 0.6) is 0 Å². The molecule has 0 aliphatic carbocycles. The summed E-state index contributed by atoms with van der Waals surface area (Å²) < 4.78 is 0. The van der Waals surface area contributed by atoms with Crippen molar-refractivity contribution < 1.29 is 9.59 Å². The van der Waals surface area contributed by atoms with Gasteiger partial charge in [-0.2, -0.15) is 0 Å². The van der Waals surface area contributed by atoms with Gasteiger partial charge in [-0.15, -0.1) is 11.3 Å². The summed E-state index contributed by atoms with van der Waals surface area (Å²) >= 11 is 6.97. The van der Waals surface area contributed by atoms with Crippen molar-refractivity contribution in [3.8, 4) is 0 Å². The molecule has 0 unspecified atom stereocenters. The molecule has 3 aromatic rings. The normalized spacial score (nSPS) is 10.1. The fraction of sp³-hybridized carbons (Fsp3) is 0. The van der Waals surface area contributed by atoms with Crippen LogP contribution in [0.1, 0.15) is 10.5 Å². The van der Waals surface area contributed by atoms with E-state index < -0.39 is 6.03 Å². The summed E-state index contributed by atoms with van der Waals surface area (Å²) in [6.07, 6.45) is 0. The molecule has 0 atom stereocenters. The summed E-state index contributed by atoms with van der Waals surface area (Å²) in [6, 6.07) is 15.4. The zero-order chi connectivity index (χ0) is 17.6. The quantitative estimate of drug-likeness (QED) is 0.621. The highest BCUT2D eigenvalue weighted by Gasteiger charge is 2.12. The topological polar surface area (TPSA) is 83.1 Å². The van der Waals surface area contributed by atoms with Gasteiger partial charge in [-0.3, -0.25) is 10.1 Å². The second kappa shape index (κ2) is 7.78. The minimum absolute atomic E-state index is 0.218. The number of carbonyl (C=O) groups is 2. The number of urea groups is 1. The van der Waals surface area contributed by atoms with E-state index in [1.807, 2.05) is 18.2 Å². The van der Waals surface area contributed by atoms with Crippen molar-refractivity contribution in [3.05, 3.63) is 70.7 Å². The van der Waals surface area contributed by atoms with E-state index in [1.54, 1.807) is 41.8 Å². The molecule has 0 fully saturated rings. The largest absolute Gasteiger partial charge is 0.325 e. The zero-order valence-electron chi connectivity index (χ0n) is 12.8. The van der Waals surface area contributed by atoms with Crippen molar-refractivity contribution in [2.75, 3.05) is 16.0 Å². The number of benzene rings is 2. The van der Waals surface area contributed by atoms with Crippen LogP contribution in [0.25, 0.3) is 0 Å². The van der Waals surface area contributed by atoms with Gasteiger partial charge in [0.1, 0.15) is 5.69 Å². The number of thiazole rings is 1. The monoisotopic (exact) mass is 372 g/mol. The molecule has 0 aliphatic rings. The fourth-order valence-corrected chi connectivity index (χ4v) is 2.76. The lowest BCUT2D eigenvalue weighted by Crippen LogP contribution is -2.19. The molecule has 3 rings (SSSR count). The van der Waals surface area contributed by atoms with Crippen molar-refractivity contribution in [1.29, 1.82) is 0 Å². The molecule has 1 heterocycles. The van der Waals surface area contributed by atoms with Gasteiger partial charge >= 0.3 is 6.03 Å². The molecule has 0 spiro atoms. The molecule has 0 aliphatic heterocycles. The number of hydrogen-bond acceptors (Lipinski definition) is 4. The predicted octanol–water partition coefficient (Wildman–Crippen LogP) is 4.69. The molecule has 25 heavy (non-hydrogen) atoms. The van der Waals surface area contributed by atoms with E-state index >= 15 is 0 Å². The number of rotatable bonds is 4. The fourth-order valence-electron chi connectivity index (χ4n) is 1.94. The average Bonchev–Trinajstić information content (AvgIpc) is 3.06. The first-order chi connectivity index (χ1) is 12.1. The maximum absolute atomic E-state index is 12.2. The van der Waals surface area contributed by atoms with E-state index in [9.17, 15) is 9.59 Å². The highest BCUT2D eigenvalue weighted by atomic mass is 35.5. The number of hydrogen-bond donors (Lipinski definition) is 3. The first kappa shape index (κ1) is 16.9. The number of nitrogens with zero attached hydrogens (tertiary/aromatic N) is 1. The minimum atomic E-state index is -0.426. The third kappa shape index (κ3) is 4.79. The van der Waals surface area contributed by atoms with Crippen molar-refractivity contribution in [2.45, 2.75) is 0 Å². The number of aromatic nitrogens is 1. The van der Waals surface area contributed by atoms with Crippen molar-refractivity contribution in [2.24, 2.45) is 0 Å². The van der Waals surface area contributed by atoms with E-state index in [4.69, 9.17) is 11.6 Å². The number of carbonyl (C=O) groups excluding carboxylic acids is 2. The molecular weight excluding hydrogens is 360 g/mol. The van der Waals surface area contributed by atoms with Gasteiger partial charge in [0.05, 0.1) is 0 Å². The predicted molar refractivity (Wildman–Crippen MR) is 101 cm³/mol. The van der Waals surface area contributed by atoms with Crippen LogP contribution < -0.4 is 16.0 Å². The Morgan fingerprint density at radius 3 is 2.28 bits per heavy atom. The van der Waals surface area contributed by atoms with Gasteiger partial charge in [-0.25, -0.2) is 9.78 Å². The first-order valence-corrected chi connectivity index (χ1v) is 8.51. The Kier molecular flexibility index (Phi) is 5.27. The summed E-state index contributed by atoms with van der Waals surface area (Å²) in [5.74, 6) is -0.366. The van der Waals surface area contributed by atoms with Crippen LogP contribution in [0.2, 0.25) is 5.02 Å². The average molecular weight is 373 g/mol. The van der Waals surface area contributed by atoms with Crippen LogP contribution in [-0.2, 0) is 0 Å². The van der Waals surface area contributed by atoms with E-state index in [0.717, 1.165) is 11.3 Å². The standard InChI is InChI=1S/C17H13ClN4O2S/c18-11-6-8-13(9-7-11)19-15(23)14-10-25-17(21-14)22-16(24)20-12-4-2-1-3-5-12/h1-10H,(H,19,23)(H2,20,21,22,24). The summed E-state index contributed by atoms with van der Waals surface area (Å²) in [7, 11) is 0. The lowest BCUT2D eigenvalue weighted by atomic mass is 10.3. The molecule has 8 heteroatoms. The number of anilines is 3. The third-order valence-corrected chi connectivity index (χ3v) is 4.10. The molecule has 0 bridgehead atoms. The van der Waals surface area contributed by atoms with Gasteiger partial charge in [-0.1, -0.05) is 29.8 Å². The summed E-state index contributed by atoms with van der Waals surface area (Å²) in [4.78, 5) is 28.2. The van der Waals surface area contributed by atoms with Gasteiger partial charge < -0.3 is 10.6 Å². The van der Waals surface area contributed by atoms with Crippen LogP contribution >= 0.6 is 22.9 Å². The van der Waals surface area contributed by atoms with Crippen LogP contribution in [0.15, 0.2) is 60.0 Å². The van der Waals surface area contributed by atoms with Crippen molar-refractivity contribution >= 4 is 51.4 Å². The highest BCUT2D eigenvalue weighted by molar-refractivity contribution is 7.14. The lowest BCUT2D eigenvalue weighted by molar-refractivity contribution is 0.102. The van der Waals surface area contributed by atoms with E-state index in [2.05, 4.69) is 20.9 Å². The molecule has 0 saturated carbocycles. The van der Waals surface area contributed by atoms with Crippen LogP contribution in [0.4, 0.5) is 21.3 Å². The molecule has 0 radical (unpaired) electrons. The van der Waals surface area contributed by atoms with E-state index in [1.165, 1.54) is 0 Å². The molecule has 2 aromatic carbocycles. The van der Waals surface area contributed by atoms with E-state index in [-0.39, 0.29) is 11.6 Å². The van der Waals surface area contributed by atoms with Gasteiger partial charge in [0.15, 0.2) is 5.13 Å². The molecule has 3 N–H and O–H groups in total. The highest BCUT2D eigenvalue weighted by Crippen LogP contribution is 2.18. The molecule has 126 valence electrons. The Labute approximate surface area is 152 Å². The van der Waals surface area contributed by atoms with Gasteiger partial charge in [0, 0.05) is 21.8 Å². The first-order valence-electron chi connectivity index (χ1n) is 7.25. The Balaban J connectivity index is 1.59. The smallest absolute Gasteiger partial charge is 0.321 e. The van der Waals surface area contributed by atoms with E-state index in [0.29, 0.717) is 21.5 Å². The van der Waals surface area contributed by atoms with Gasteiger partial charge in [0.25, 0.3) is 5.91 Å². The second-order valence-corrected chi connectivity index (χ2v) is 6.24. The molecule has 6 nitrogen and oxygen atoms in total. The zero-order valence-corrected chi connectivity index (χ0v) is 14.4. The van der Waals surface area contributed by atoms with Crippen molar-refractivity contribution in [1.82, 2.24) is 4.98 Å². The molecular formula is C17H13ClN4O2S. The molecule has 0 saturated heterocycles. The lowest BCUT2D eigenvalue weighted by Gasteiger charge is -2.05. The van der Waals surface area contributed by atoms with Crippen LogP contribution in [0.3, 0.4) is 0 Å².